The molecule has 0 atom stereocenters. The van der Waals surface area contributed by atoms with Crippen molar-refractivity contribution in [3.8, 4) is 0 Å². The van der Waals surface area contributed by atoms with E-state index in [1.54, 1.807) is 0 Å². The molecule has 1 N–H and O–H groups in total. The smallest absolute Gasteiger partial charge is 0.458 e. The molecule has 0 aliphatic carbocycles. The fourth-order valence-electron chi connectivity index (χ4n) is 2.53. The van der Waals surface area contributed by atoms with Crippen LogP contribution in [0.5, 0.6) is 0 Å². The standard InChI is InChI=1S/C17H23F11O3/c18-13(19,11-9-7-5-3-1-2-4-6-8-10-12(29)30)17(27,28)31-14(20,15(21,22)23)16(24,25)26/h1-11H2,(H,29,30). The van der Waals surface area contributed by atoms with Crippen LogP contribution >= 0.6 is 0 Å². The summed E-state index contributed by atoms with van der Waals surface area (Å²) in [4.78, 5) is 10.3. The highest BCUT2D eigenvalue weighted by atomic mass is 19.4. The van der Waals surface area contributed by atoms with Gasteiger partial charge in [0.2, 0.25) is 0 Å². The number of rotatable bonds is 15. The van der Waals surface area contributed by atoms with Crippen LogP contribution in [0, 0.1) is 0 Å². The number of hydrogen-bond acceptors (Lipinski definition) is 2. The highest BCUT2D eigenvalue weighted by molar-refractivity contribution is 5.66. The summed E-state index contributed by atoms with van der Waals surface area (Å²) >= 11 is 0. The number of hydrogen-bond donors (Lipinski definition) is 1. The maximum absolute atomic E-state index is 13.5. The molecule has 0 radical (unpaired) electrons. The number of unbranched alkanes of at least 4 members (excludes halogenated alkanes) is 8. The van der Waals surface area contributed by atoms with E-state index in [-0.39, 0.29) is 19.3 Å². The summed E-state index contributed by atoms with van der Waals surface area (Å²) < 4.78 is 142. The second kappa shape index (κ2) is 11.5. The van der Waals surface area contributed by atoms with Crippen molar-refractivity contribution in [2.24, 2.45) is 0 Å². The predicted molar refractivity (Wildman–Crippen MR) is 85.4 cm³/mol. The van der Waals surface area contributed by atoms with Gasteiger partial charge in [0.1, 0.15) is 0 Å². The Balaban J connectivity index is 4.45. The maximum atomic E-state index is 13.5. The highest BCUT2D eigenvalue weighted by Crippen LogP contribution is 2.52. The first-order chi connectivity index (χ1) is 13.9. The molecule has 0 aliphatic rings. The molecule has 0 saturated carbocycles. The molecule has 0 aromatic rings. The van der Waals surface area contributed by atoms with Gasteiger partial charge in [-0.2, -0.15) is 48.3 Å². The molecule has 186 valence electrons. The zero-order chi connectivity index (χ0) is 24.6. The molecule has 0 unspecified atom stereocenters. The summed E-state index contributed by atoms with van der Waals surface area (Å²) in [6.45, 7) is 0. The third-order valence-electron chi connectivity index (χ3n) is 4.31. The Hall–Kier alpha value is -1.34. The summed E-state index contributed by atoms with van der Waals surface area (Å²) in [5.41, 5.74) is 0. The molecule has 14 heteroatoms. The van der Waals surface area contributed by atoms with Crippen LogP contribution in [-0.2, 0) is 9.53 Å². The van der Waals surface area contributed by atoms with E-state index in [0.717, 1.165) is 12.8 Å². The molecule has 0 spiro atoms. The van der Waals surface area contributed by atoms with Gasteiger partial charge in [-0.3, -0.25) is 9.53 Å². The van der Waals surface area contributed by atoms with Crippen molar-refractivity contribution in [2.75, 3.05) is 0 Å². The third-order valence-corrected chi connectivity index (χ3v) is 4.31. The molecular formula is C17H23F11O3. The molecule has 3 nitrogen and oxygen atoms in total. The number of alkyl halides is 11. The molecule has 0 fully saturated rings. The number of ether oxygens (including phenoxy) is 1. The van der Waals surface area contributed by atoms with E-state index < -0.39 is 49.0 Å². The second-order valence-electron chi connectivity index (χ2n) is 6.99. The lowest BCUT2D eigenvalue weighted by molar-refractivity contribution is -0.503. The van der Waals surface area contributed by atoms with Crippen molar-refractivity contribution >= 4 is 5.97 Å². The molecule has 31 heavy (non-hydrogen) atoms. The molecule has 0 rings (SSSR count). The quantitative estimate of drug-likeness (QED) is 0.195. The number of aliphatic carboxylic acids is 1. The zero-order valence-electron chi connectivity index (χ0n) is 16.2. The van der Waals surface area contributed by atoms with Crippen LogP contribution in [0.3, 0.4) is 0 Å². The number of carbonyl (C=O) groups is 1. The number of carboxylic acids is 1. The van der Waals surface area contributed by atoms with E-state index in [2.05, 4.69) is 0 Å². The molecule has 0 saturated heterocycles. The number of carboxylic acid groups (broad SMARTS) is 1. The summed E-state index contributed by atoms with van der Waals surface area (Å²) in [6.07, 6.45) is -18.9. The van der Waals surface area contributed by atoms with Crippen molar-refractivity contribution in [3.05, 3.63) is 0 Å². The highest BCUT2D eigenvalue weighted by Gasteiger charge is 2.79. The molecule has 0 heterocycles. The first kappa shape index (κ1) is 29.7. The van der Waals surface area contributed by atoms with E-state index in [9.17, 15) is 53.1 Å². The van der Waals surface area contributed by atoms with E-state index in [1.165, 1.54) is 0 Å². The van der Waals surface area contributed by atoms with Gasteiger partial charge >= 0.3 is 36.2 Å². The van der Waals surface area contributed by atoms with Crippen molar-refractivity contribution in [3.63, 3.8) is 0 Å². The van der Waals surface area contributed by atoms with Crippen LogP contribution in [0.2, 0.25) is 0 Å². The topological polar surface area (TPSA) is 46.5 Å². The van der Waals surface area contributed by atoms with Crippen LogP contribution in [0.1, 0.15) is 70.6 Å². The molecule has 0 aliphatic heterocycles. The minimum atomic E-state index is -7.06. The minimum absolute atomic E-state index is 0.0397. The van der Waals surface area contributed by atoms with Crippen molar-refractivity contribution < 1.29 is 62.9 Å². The molecule has 0 aromatic heterocycles. The first-order valence-electron chi connectivity index (χ1n) is 9.37. The Morgan fingerprint density at radius 3 is 1.32 bits per heavy atom. The van der Waals surface area contributed by atoms with Crippen molar-refractivity contribution in [1.29, 1.82) is 0 Å². The van der Waals surface area contributed by atoms with Gasteiger partial charge in [0.15, 0.2) is 0 Å². The average molecular weight is 484 g/mol. The van der Waals surface area contributed by atoms with Gasteiger partial charge in [-0.05, 0) is 12.8 Å². The van der Waals surface area contributed by atoms with Crippen molar-refractivity contribution in [2.45, 2.75) is 101 Å². The minimum Gasteiger partial charge on any atom is -0.481 e. The fraction of sp³-hybridized carbons (Fsp3) is 0.941. The lowest BCUT2D eigenvalue weighted by atomic mass is 10.0. The lowest BCUT2D eigenvalue weighted by Gasteiger charge is -2.35. The predicted octanol–water partition coefficient (Wildman–Crippen LogP) is 7.40. The summed E-state index contributed by atoms with van der Waals surface area (Å²) in [7, 11) is 0. The van der Waals surface area contributed by atoms with E-state index in [1.807, 2.05) is 4.74 Å². The van der Waals surface area contributed by atoms with Crippen LogP contribution in [-0.4, -0.2) is 41.3 Å². The third kappa shape index (κ3) is 9.36. The summed E-state index contributed by atoms with van der Waals surface area (Å²) in [6, 6.07) is 0. The summed E-state index contributed by atoms with van der Waals surface area (Å²) in [5, 5.41) is 8.44. The van der Waals surface area contributed by atoms with Crippen molar-refractivity contribution in [1.82, 2.24) is 0 Å². The zero-order valence-corrected chi connectivity index (χ0v) is 16.2. The first-order valence-corrected chi connectivity index (χ1v) is 9.37. The maximum Gasteiger partial charge on any atom is 0.458 e. The van der Waals surface area contributed by atoms with E-state index in [4.69, 9.17) is 5.11 Å². The Bertz CT molecular complexity index is 530. The second-order valence-corrected chi connectivity index (χ2v) is 6.99. The van der Waals surface area contributed by atoms with Gasteiger partial charge in [0.25, 0.3) is 0 Å². The van der Waals surface area contributed by atoms with Crippen LogP contribution in [0.15, 0.2) is 0 Å². The molecular weight excluding hydrogens is 461 g/mol. The normalized spacial score (nSPS) is 14.2. The SMILES string of the molecule is O=C(O)CCCCCCCCCCCC(F)(F)C(F)(F)OC(F)(C(F)(F)F)C(F)(F)F. The molecule has 0 bridgehead atoms. The fourth-order valence-corrected chi connectivity index (χ4v) is 2.53. The van der Waals surface area contributed by atoms with E-state index in [0.29, 0.717) is 25.7 Å². The molecule has 0 amide bonds. The van der Waals surface area contributed by atoms with Crippen LogP contribution < -0.4 is 0 Å². The van der Waals surface area contributed by atoms with Gasteiger partial charge in [-0.1, -0.05) is 44.9 Å². The van der Waals surface area contributed by atoms with Gasteiger partial charge in [-0.15, -0.1) is 0 Å². The Labute approximate surface area is 170 Å². The number of halogens is 11. The van der Waals surface area contributed by atoms with E-state index >= 15 is 0 Å². The van der Waals surface area contributed by atoms with Gasteiger partial charge < -0.3 is 5.11 Å². The lowest BCUT2D eigenvalue weighted by Crippen LogP contribution is -2.61. The Morgan fingerprint density at radius 1 is 0.613 bits per heavy atom. The Morgan fingerprint density at radius 2 is 0.968 bits per heavy atom. The van der Waals surface area contributed by atoms with Gasteiger partial charge in [0.05, 0.1) is 0 Å². The molecule has 0 aromatic carbocycles. The Kier molecular flexibility index (Phi) is 11.0. The average Bonchev–Trinajstić information content (AvgIpc) is 2.56. The van der Waals surface area contributed by atoms with Gasteiger partial charge in [-0.25, -0.2) is 0 Å². The monoisotopic (exact) mass is 484 g/mol. The summed E-state index contributed by atoms with van der Waals surface area (Å²) in [5.74, 6) is -13.3. The van der Waals surface area contributed by atoms with Gasteiger partial charge in [0, 0.05) is 12.8 Å². The largest absolute Gasteiger partial charge is 0.481 e. The van der Waals surface area contributed by atoms with Crippen LogP contribution in [0.4, 0.5) is 48.3 Å². The van der Waals surface area contributed by atoms with Crippen LogP contribution in [0.25, 0.3) is 0 Å².